The van der Waals surface area contributed by atoms with E-state index >= 15 is 0 Å². The van der Waals surface area contributed by atoms with Crippen molar-refractivity contribution in [1.82, 2.24) is 10.0 Å². The van der Waals surface area contributed by atoms with E-state index in [-0.39, 0.29) is 11.5 Å². The Balaban J connectivity index is 2.13. The van der Waals surface area contributed by atoms with Gasteiger partial charge in [-0.1, -0.05) is 48.0 Å². The van der Waals surface area contributed by atoms with Crippen molar-refractivity contribution in [2.24, 2.45) is 0 Å². The van der Waals surface area contributed by atoms with E-state index in [1.54, 1.807) is 12.1 Å². The van der Waals surface area contributed by atoms with Gasteiger partial charge in [-0.2, -0.15) is 4.72 Å². The van der Waals surface area contributed by atoms with Crippen molar-refractivity contribution in [2.75, 3.05) is 6.61 Å². The van der Waals surface area contributed by atoms with E-state index in [1.807, 2.05) is 58.0 Å². The van der Waals surface area contributed by atoms with Gasteiger partial charge in [0.05, 0.1) is 17.1 Å². The molecule has 2 N–H and O–H groups in total. The molecule has 152 valence electrons. The Hall–Kier alpha value is -2.22. The summed E-state index contributed by atoms with van der Waals surface area (Å²) >= 11 is 0. The molecule has 0 aliphatic heterocycles. The van der Waals surface area contributed by atoms with Crippen LogP contribution in [0.1, 0.15) is 31.9 Å². The van der Waals surface area contributed by atoms with Crippen LogP contribution in [0.4, 0.5) is 0 Å². The first-order valence-corrected chi connectivity index (χ1v) is 10.6. The molecule has 2 aromatic carbocycles. The van der Waals surface area contributed by atoms with Gasteiger partial charge in [-0.05, 0) is 45.4 Å². The average Bonchev–Trinajstić information content (AvgIpc) is 2.63. The van der Waals surface area contributed by atoms with Crippen LogP contribution in [0.15, 0.2) is 59.5 Å². The number of hydrogen-bond donors (Lipinski definition) is 2. The molecule has 0 fully saturated rings. The molecule has 0 radical (unpaired) electrons. The van der Waals surface area contributed by atoms with E-state index < -0.39 is 27.6 Å². The highest BCUT2D eigenvalue weighted by molar-refractivity contribution is 7.89. The van der Waals surface area contributed by atoms with E-state index in [0.29, 0.717) is 6.54 Å². The lowest BCUT2D eigenvalue weighted by Gasteiger charge is -2.24. The van der Waals surface area contributed by atoms with Gasteiger partial charge < -0.3 is 10.1 Å². The number of carbonyl (C=O) groups excluding carboxylic acids is 1. The van der Waals surface area contributed by atoms with Crippen LogP contribution in [0.25, 0.3) is 0 Å². The largest absolute Gasteiger partial charge is 0.374 e. The number of benzene rings is 2. The average molecular weight is 405 g/mol. The number of aryl methyl sites for hydroxylation is 1. The third-order valence-corrected chi connectivity index (χ3v) is 5.43. The van der Waals surface area contributed by atoms with Crippen molar-refractivity contribution in [1.29, 1.82) is 0 Å². The van der Waals surface area contributed by atoms with Crippen molar-refractivity contribution < 1.29 is 17.9 Å². The Morgan fingerprint density at radius 2 is 1.64 bits per heavy atom. The Morgan fingerprint density at radius 3 is 2.21 bits per heavy atom. The fourth-order valence-electron chi connectivity index (χ4n) is 2.38. The summed E-state index contributed by atoms with van der Waals surface area (Å²) in [5, 5.41) is 2.77. The highest BCUT2D eigenvalue weighted by Crippen LogP contribution is 2.12. The summed E-state index contributed by atoms with van der Waals surface area (Å²) in [6, 6.07) is 14.8. The zero-order chi connectivity index (χ0) is 20.8. The minimum Gasteiger partial charge on any atom is -0.374 e. The Labute approximate surface area is 167 Å². The van der Waals surface area contributed by atoms with Crippen LogP contribution < -0.4 is 10.0 Å². The fraction of sp³-hybridized carbons (Fsp3) is 0.381. The minimum atomic E-state index is -3.86. The number of amides is 1. The van der Waals surface area contributed by atoms with Crippen LogP contribution in [0, 0.1) is 6.92 Å². The Morgan fingerprint density at radius 1 is 1.04 bits per heavy atom. The first-order chi connectivity index (χ1) is 13.1. The van der Waals surface area contributed by atoms with Crippen molar-refractivity contribution in [3.05, 3.63) is 65.7 Å². The van der Waals surface area contributed by atoms with Gasteiger partial charge in [0.1, 0.15) is 6.04 Å². The predicted octanol–water partition coefficient (Wildman–Crippen LogP) is 2.77. The Kier molecular flexibility index (Phi) is 7.35. The van der Waals surface area contributed by atoms with Crippen molar-refractivity contribution in [3.63, 3.8) is 0 Å². The van der Waals surface area contributed by atoms with Crippen LogP contribution in [0.5, 0.6) is 0 Å². The quantitative estimate of drug-likeness (QED) is 0.709. The number of rotatable bonds is 8. The van der Waals surface area contributed by atoms with Crippen LogP contribution in [-0.4, -0.2) is 32.6 Å². The van der Waals surface area contributed by atoms with Crippen LogP contribution in [0.3, 0.4) is 0 Å². The molecule has 1 amide bonds. The van der Waals surface area contributed by atoms with E-state index in [0.717, 1.165) is 11.1 Å². The summed E-state index contributed by atoms with van der Waals surface area (Å²) in [6.07, 6.45) is 0. The molecule has 6 nitrogen and oxygen atoms in total. The lowest BCUT2D eigenvalue weighted by molar-refractivity contribution is -0.125. The fourth-order valence-corrected chi connectivity index (χ4v) is 3.56. The van der Waals surface area contributed by atoms with Crippen LogP contribution in [0.2, 0.25) is 0 Å². The molecular formula is C21H28N2O4S. The number of hydrogen-bond acceptors (Lipinski definition) is 4. The lowest BCUT2D eigenvalue weighted by atomic mass is 10.2. The molecule has 0 spiro atoms. The van der Waals surface area contributed by atoms with E-state index in [4.69, 9.17) is 4.74 Å². The monoisotopic (exact) mass is 404 g/mol. The maximum Gasteiger partial charge on any atom is 0.241 e. The molecule has 1 unspecified atom stereocenters. The summed E-state index contributed by atoms with van der Waals surface area (Å²) in [5.41, 5.74) is 1.37. The molecule has 0 aliphatic rings. The van der Waals surface area contributed by atoms with Gasteiger partial charge in [-0.3, -0.25) is 4.79 Å². The lowest BCUT2D eigenvalue weighted by Crippen LogP contribution is -2.50. The molecule has 0 aromatic heterocycles. The van der Waals surface area contributed by atoms with E-state index in [9.17, 15) is 13.2 Å². The highest BCUT2D eigenvalue weighted by Gasteiger charge is 2.27. The second kappa shape index (κ2) is 9.32. The topological polar surface area (TPSA) is 84.5 Å². The summed E-state index contributed by atoms with van der Waals surface area (Å²) in [5.74, 6) is -0.441. The zero-order valence-corrected chi connectivity index (χ0v) is 17.5. The smallest absolute Gasteiger partial charge is 0.241 e. The maximum atomic E-state index is 12.7. The van der Waals surface area contributed by atoms with E-state index in [1.165, 1.54) is 12.1 Å². The summed E-state index contributed by atoms with van der Waals surface area (Å²) in [4.78, 5) is 12.8. The van der Waals surface area contributed by atoms with Gasteiger partial charge in [0.15, 0.2) is 0 Å². The first kappa shape index (κ1) is 22.1. The molecule has 28 heavy (non-hydrogen) atoms. The molecular weight excluding hydrogens is 376 g/mol. The van der Waals surface area contributed by atoms with Gasteiger partial charge in [0.2, 0.25) is 15.9 Å². The van der Waals surface area contributed by atoms with Gasteiger partial charge >= 0.3 is 0 Å². The van der Waals surface area contributed by atoms with Gasteiger partial charge in [0.25, 0.3) is 0 Å². The van der Waals surface area contributed by atoms with Crippen LogP contribution in [-0.2, 0) is 26.1 Å². The normalized spacial score (nSPS) is 13.1. The number of carbonyl (C=O) groups is 1. The molecule has 0 saturated heterocycles. The van der Waals surface area contributed by atoms with E-state index in [2.05, 4.69) is 10.0 Å². The highest BCUT2D eigenvalue weighted by atomic mass is 32.2. The molecule has 0 heterocycles. The Bertz CT molecular complexity index is 873. The maximum absolute atomic E-state index is 12.7. The van der Waals surface area contributed by atoms with Crippen molar-refractivity contribution >= 4 is 15.9 Å². The predicted molar refractivity (Wildman–Crippen MR) is 109 cm³/mol. The summed E-state index contributed by atoms with van der Waals surface area (Å²) in [6.45, 7) is 7.65. The molecule has 1 atom stereocenters. The van der Waals surface area contributed by atoms with Gasteiger partial charge in [0, 0.05) is 6.54 Å². The molecule has 0 aliphatic carbocycles. The molecule has 0 bridgehead atoms. The molecule has 0 saturated carbocycles. The van der Waals surface area contributed by atoms with Gasteiger partial charge in [-0.15, -0.1) is 0 Å². The zero-order valence-electron chi connectivity index (χ0n) is 16.7. The van der Waals surface area contributed by atoms with Crippen molar-refractivity contribution in [2.45, 2.75) is 50.8 Å². The standard InChI is InChI=1S/C21H28N2O4S/c1-16-10-12-18(13-11-16)28(25,26)23-19(15-27-21(2,3)4)20(24)22-14-17-8-6-5-7-9-17/h5-13,19,23H,14-15H2,1-4H3,(H,22,24). The number of ether oxygens (including phenoxy) is 1. The molecule has 7 heteroatoms. The molecule has 2 aromatic rings. The number of sulfonamides is 1. The second-order valence-electron chi connectivity index (χ2n) is 7.61. The SMILES string of the molecule is Cc1ccc(S(=O)(=O)NC(COC(C)(C)C)C(=O)NCc2ccccc2)cc1. The minimum absolute atomic E-state index is 0.0742. The van der Waals surface area contributed by atoms with Crippen molar-refractivity contribution in [3.8, 4) is 0 Å². The summed E-state index contributed by atoms with van der Waals surface area (Å²) in [7, 11) is -3.86. The summed E-state index contributed by atoms with van der Waals surface area (Å²) < 4.78 is 33.6. The first-order valence-electron chi connectivity index (χ1n) is 9.11. The number of nitrogens with one attached hydrogen (secondary N) is 2. The molecule has 2 rings (SSSR count). The third-order valence-electron chi connectivity index (χ3n) is 3.94. The second-order valence-corrected chi connectivity index (χ2v) is 9.33. The third kappa shape index (κ3) is 7.07. The van der Waals surface area contributed by atoms with Crippen LogP contribution >= 0.6 is 0 Å². The van der Waals surface area contributed by atoms with Gasteiger partial charge in [-0.25, -0.2) is 8.42 Å².